The van der Waals surface area contributed by atoms with Crippen LogP contribution in [-0.4, -0.2) is 24.9 Å². The highest BCUT2D eigenvalue weighted by Gasteiger charge is 2.07. The van der Waals surface area contributed by atoms with Crippen molar-refractivity contribution in [3.8, 4) is 23.0 Å². The van der Waals surface area contributed by atoms with Crippen LogP contribution in [0.4, 0.5) is 8.78 Å². The van der Waals surface area contributed by atoms with Crippen molar-refractivity contribution in [1.82, 2.24) is 4.98 Å². The minimum Gasteiger partial charge on any atom is -0.497 e. The van der Waals surface area contributed by atoms with Gasteiger partial charge >= 0.3 is 6.61 Å². The Bertz CT molecular complexity index is 877. The zero-order valence-corrected chi connectivity index (χ0v) is 14.3. The lowest BCUT2D eigenvalue weighted by Gasteiger charge is -2.03. The van der Waals surface area contributed by atoms with Crippen molar-refractivity contribution in [2.45, 2.75) is 13.2 Å². The highest BCUT2D eigenvalue weighted by Crippen LogP contribution is 2.22. The Morgan fingerprint density at radius 2 is 1.78 bits per heavy atom. The second-order valence-corrected chi connectivity index (χ2v) is 5.33. The summed E-state index contributed by atoms with van der Waals surface area (Å²) < 4.78 is 39.0. The molecule has 0 aliphatic heterocycles. The average molecular weight is 374 g/mol. The van der Waals surface area contributed by atoms with Crippen LogP contribution >= 0.6 is 0 Å². The Morgan fingerprint density at radius 3 is 2.44 bits per heavy atom. The molecule has 0 bridgehead atoms. The van der Waals surface area contributed by atoms with Crippen LogP contribution < -0.4 is 9.47 Å². The first kappa shape index (κ1) is 18.4. The molecular formula is C19H16F2N2O4. The molecule has 8 heteroatoms. The molecule has 27 heavy (non-hydrogen) atoms. The Balaban J connectivity index is 1.51. The van der Waals surface area contributed by atoms with E-state index in [1.54, 1.807) is 19.2 Å². The summed E-state index contributed by atoms with van der Waals surface area (Å²) in [6.45, 7) is -2.72. The SMILES string of the molecule is COc1ccc(-c2nc(CO/N=C/c3ccc(OC(F)F)cc3)co2)cc1. The van der Waals surface area contributed by atoms with Crippen molar-refractivity contribution in [3.05, 3.63) is 66.1 Å². The summed E-state index contributed by atoms with van der Waals surface area (Å²) in [5.74, 6) is 1.29. The zero-order chi connectivity index (χ0) is 19.1. The monoisotopic (exact) mass is 374 g/mol. The highest BCUT2D eigenvalue weighted by molar-refractivity contribution is 5.79. The molecule has 3 rings (SSSR count). The van der Waals surface area contributed by atoms with Gasteiger partial charge in [-0.2, -0.15) is 8.78 Å². The highest BCUT2D eigenvalue weighted by atomic mass is 19.3. The quantitative estimate of drug-likeness (QED) is 0.429. The van der Waals surface area contributed by atoms with Crippen LogP contribution in [0, 0.1) is 0 Å². The minimum atomic E-state index is -2.85. The lowest BCUT2D eigenvalue weighted by Crippen LogP contribution is -2.01. The van der Waals surface area contributed by atoms with Crippen LogP contribution in [0.1, 0.15) is 11.3 Å². The first-order valence-corrected chi connectivity index (χ1v) is 7.93. The van der Waals surface area contributed by atoms with Crippen molar-refractivity contribution in [1.29, 1.82) is 0 Å². The number of hydrogen-bond donors (Lipinski definition) is 0. The standard InChI is InChI=1S/C19H16F2N2O4/c1-24-16-8-4-14(5-9-16)18-23-15(11-25-18)12-26-22-10-13-2-6-17(7-3-13)27-19(20)21/h2-11,19H,12H2,1H3/b22-10+. The molecule has 140 valence electrons. The van der Waals surface area contributed by atoms with Gasteiger partial charge in [-0.25, -0.2) is 4.98 Å². The number of oxazole rings is 1. The number of methoxy groups -OCH3 is 1. The predicted octanol–water partition coefficient (Wildman–Crippen LogP) is 4.50. The molecule has 0 saturated heterocycles. The van der Waals surface area contributed by atoms with E-state index in [-0.39, 0.29) is 12.4 Å². The number of benzene rings is 2. The molecule has 0 aliphatic carbocycles. The number of rotatable bonds is 8. The van der Waals surface area contributed by atoms with Gasteiger partial charge in [0.2, 0.25) is 5.89 Å². The molecule has 0 saturated carbocycles. The van der Waals surface area contributed by atoms with E-state index < -0.39 is 6.61 Å². The fourth-order valence-electron chi connectivity index (χ4n) is 2.18. The molecule has 6 nitrogen and oxygen atoms in total. The maximum Gasteiger partial charge on any atom is 0.387 e. The molecule has 0 aliphatic rings. The van der Waals surface area contributed by atoms with Gasteiger partial charge in [0.25, 0.3) is 0 Å². The van der Waals surface area contributed by atoms with Gasteiger partial charge < -0.3 is 18.7 Å². The lowest BCUT2D eigenvalue weighted by atomic mass is 10.2. The number of halogens is 2. The fourth-order valence-corrected chi connectivity index (χ4v) is 2.18. The summed E-state index contributed by atoms with van der Waals surface area (Å²) in [5, 5.41) is 3.82. The summed E-state index contributed by atoms with van der Waals surface area (Å²) in [4.78, 5) is 9.51. The maximum absolute atomic E-state index is 12.1. The van der Waals surface area contributed by atoms with Crippen molar-refractivity contribution < 1.29 is 27.5 Å². The Labute approximate surface area is 154 Å². The normalized spacial score (nSPS) is 11.1. The van der Waals surface area contributed by atoms with Crippen LogP contribution in [0.5, 0.6) is 11.5 Å². The van der Waals surface area contributed by atoms with Gasteiger partial charge in [-0.15, -0.1) is 0 Å². The van der Waals surface area contributed by atoms with Crippen LogP contribution in [0.3, 0.4) is 0 Å². The van der Waals surface area contributed by atoms with Gasteiger partial charge in [0.1, 0.15) is 23.5 Å². The smallest absolute Gasteiger partial charge is 0.387 e. The molecule has 0 amide bonds. The fraction of sp³-hybridized carbons (Fsp3) is 0.158. The first-order valence-electron chi connectivity index (χ1n) is 7.93. The third-order valence-electron chi connectivity index (χ3n) is 3.48. The van der Waals surface area contributed by atoms with Gasteiger partial charge in [0.05, 0.1) is 13.3 Å². The third kappa shape index (κ3) is 5.27. The molecule has 1 aromatic heterocycles. The molecule has 2 aromatic carbocycles. The summed E-state index contributed by atoms with van der Waals surface area (Å²) in [5.41, 5.74) is 2.07. The van der Waals surface area contributed by atoms with Crippen molar-refractivity contribution in [2.24, 2.45) is 5.16 Å². The number of alkyl halides is 2. The van der Waals surface area contributed by atoms with Gasteiger partial charge in [-0.05, 0) is 54.1 Å². The van der Waals surface area contributed by atoms with Crippen LogP contribution in [0.2, 0.25) is 0 Å². The maximum atomic E-state index is 12.1. The van der Waals surface area contributed by atoms with Gasteiger partial charge in [0.15, 0.2) is 6.61 Å². The van der Waals surface area contributed by atoms with E-state index in [2.05, 4.69) is 14.9 Å². The van der Waals surface area contributed by atoms with Crippen LogP contribution in [0.25, 0.3) is 11.5 Å². The second-order valence-electron chi connectivity index (χ2n) is 5.33. The summed E-state index contributed by atoms with van der Waals surface area (Å²) in [7, 11) is 1.60. The molecule has 0 radical (unpaired) electrons. The number of aromatic nitrogens is 1. The predicted molar refractivity (Wildman–Crippen MR) is 93.9 cm³/mol. The average Bonchev–Trinajstić information content (AvgIpc) is 3.15. The molecule has 0 unspecified atom stereocenters. The molecule has 0 N–H and O–H groups in total. The second kappa shape index (κ2) is 8.79. The molecular weight excluding hydrogens is 358 g/mol. The van der Waals surface area contributed by atoms with Crippen LogP contribution in [-0.2, 0) is 11.4 Å². The van der Waals surface area contributed by atoms with Crippen molar-refractivity contribution in [2.75, 3.05) is 7.11 Å². The summed E-state index contributed by atoms with van der Waals surface area (Å²) in [6.07, 6.45) is 2.95. The Hall–Kier alpha value is -3.42. The van der Waals surface area contributed by atoms with Crippen molar-refractivity contribution >= 4 is 6.21 Å². The summed E-state index contributed by atoms with van der Waals surface area (Å²) >= 11 is 0. The van der Waals surface area contributed by atoms with Gasteiger partial charge in [0, 0.05) is 5.56 Å². The van der Waals surface area contributed by atoms with E-state index in [1.807, 2.05) is 24.3 Å². The largest absolute Gasteiger partial charge is 0.497 e. The third-order valence-corrected chi connectivity index (χ3v) is 3.48. The number of nitrogens with zero attached hydrogens (tertiary/aromatic N) is 2. The van der Waals surface area contributed by atoms with E-state index >= 15 is 0 Å². The molecule has 3 aromatic rings. The minimum absolute atomic E-state index is 0.0803. The first-order chi connectivity index (χ1) is 13.1. The van der Waals surface area contributed by atoms with E-state index in [9.17, 15) is 8.78 Å². The number of ether oxygens (including phenoxy) is 2. The number of oxime groups is 1. The van der Waals surface area contributed by atoms with Crippen LogP contribution in [0.15, 0.2) is 64.4 Å². The lowest BCUT2D eigenvalue weighted by molar-refractivity contribution is -0.0498. The van der Waals surface area contributed by atoms with Gasteiger partial charge in [-0.3, -0.25) is 0 Å². The molecule has 0 atom stereocenters. The van der Waals surface area contributed by atoms with Crippen molar-refractivity contribution in [3.63, 3.8) is 0 Å². The van der Waals surface area contributed by atoms with Gasteiger partial charge in [-0.1, -0.05) is 5.16 Å². The van der Waals surface area contributed by atoms with E-state index in [0.29, 0.717) is 17.1 Å². The van der Waals surface area contributed by atoms with E-state index in [4.69, 9.17) is 14.0 Å². The molecule has 0 spiro atoms. The Morgan fingerprint density at radius 1 is 1.07 bits per heavy atom. The Kier molecular flexibility index (Phi) is 5.98. The molecule has 1 heterocycles. The molecule has 0 fully saturated rings. The number of hydrogen-bond acceptors (Lipinski definition) is 6. The van der Waals surface area contributed by atoms with E-state index in [1.165, 1.54) is 24.6 Å². The van der Waals surface area contributed by atoms with E-state index in [0.717, 1.165) is 11.3 Å². The zero-order valence-electron chi connectivity index (χ0n) is 14.3. The summed E-state index contributed by atoms with van der Waals surface area (Å²) in [6, 6.07) is 13.3. The topological polar surface area (TPSA) is 66.1 Å².